The van der Waals surface area contributed by atoms with Crippen molar-refractivity contribution in [2.24, 2.45) is 0 Å². The maximum atomic E-state index is 12.9. The second kappa shape index (κ2) is 6.17. The molecular formula is C14H13F3N2S. The van der Waals surface area contributed by atoms with Crippen LogP contribution >= 0.6 is 11.8 Å². The van der Waals surface area contributed by atoms with Crippen LogP contribution in [0, 0.1) is 0 Å². The van der Waals surface area contributed by atoms with Gasteiger partial charge in [0.2, 0.25) is 0 Å². The molecule has 0 radical (unpaired) electrons. The Bertz CT molecular complexity index is 570. The van der Waals surface area contributed by atoms with Crippen LogP contribution in [0.2, 0.25) is 0 Å². The largest absolute Gasteiger partial charge is 0.416 e. The van der Waals surface area contributed by atoms with Crippen LogP contribution < -0.4 is 5.32 Å². The van der Waals surface area contributed by atoms with Crippen molar-refractivity contribution < 1.29 is 13.2 Å². The lowest BCUT2D eigenvalue weighted by atomic mass is 10.2. The van der Waals surface area contributed by atoms with Crippen LogP contribution in [0.5, 0.6) is 0 Å². The molecule has 0 aliphatic heterocycles. The third-order valence-corrected chi connectivity index (χ3v) is 3.38. The Balaban J connectivity index is 2.34. The summed E-state index contributed by atoms with van der Waals surface area (Å²) in [5.41, 5.74) is -0.693. The fraction of sp³-hybridized carbons (Fsp3) is 0.214. The minimum Gasteiger partial charge on any atom is -0.370 e. The minimum atomic E-state index is -4.38. The van der Waals surface area contributed by atoms with Crippen LogP contribution in [-0.2, 0) is 6.18 Å². The summed E-state index contributed by atoms with van der Waals surface area (Å²) >= 11 is 1.21. The van der Waals surface area contributed by atoms with Crippen LogP contribution in [0.4, 0.5) is 19.0 Å². The number of hydrogen-bond acceptors (Lipinski definition) is 3. The van der Waals surface area contributed by atoms with Crippen molar-refractivity contribution in [2.45, 2.75) is 23.0 Å². The van der Waals surface area contributed by atoms with Crippen molar-refractivity contribution in [3.63, 3.8) is 0 Å². The van der Waals surface area contributed by atoms with Crippen LogP contribution in [0.1, 0.15) is 12.5 Å². The van der Waals surface area contributed by atoms with Gasteiger partial charge in [-0.3, -0.25) is 0 Å². The van der Waals surface area contributed by atoms with Crippen LogP contribution in [0.3, 0.4) is 0 Å². The minimum absolute atomic E-state index is 0.237. The molecule has 0 atom stereocenters. The molecule has 0 aliphatic carbocycles. The highest BCUT2D eigenvalue weighted by Crippen LogP contribution is 2.35. The number of rotatable bonds is 4. The van der Waals surface area contributed by atoms with Gasteiger partial charge in [-0.25, -0.2) is 4.98 Å². The van der Waals surface area contributed by atoms with E-state index < -0.39 is 11.7 Å². The first kappa shape index (κ1) is 14.7. The van der Waals surface area contributed by atoms with E-state index in [2.05, 4.69) is 10.3 Å². The molecule has 1 aromatic carbocycles. The standard InChI is InChI=1S/C14H13F3N2S/c1-2-18-12-8-10(14(15,16)17)9-13(19-12)20-11-6-4-3-5-7-11/h3-9H,2H2,1H3,(H,18,19). The molecule has 2 aromatic rings. The topological polar surface area (TPSA) is 24.9 Å². The number of nitrogens with zero attached hydrogens (tertiary/aromatic N) is 1. The summed E-state index contributed by atoms with van der Waals surface area (Å²) in [6, 6.07) is 11.3. The smallest absolute Gasteiger partial charge is 0.370 e. The first-order chi connectivity index (χ1) is 9.49. The molecule has 1 aromatic heterocycles. The molecule has 6 heteroatoms. The van der Waals surface area contributed by atoms with Gasteiger partial charge < -0.3 is 5.32 Å². The molecule has 0 spiro atoms. The first-order valence-electron chi connectivity index (χ1n) is 6.05. The molecule has 20 heavy (non-hydrogen) atoms. The lowest BCUT2D eigenvalue weighted by Gasteiger charge is -2.11. The van der Waals surface area contributed by atoms with Gasteiger partial charge >= 0.3 is 6.18 Å². The summed E-state index contributed by atoms with van der Waals surface area (Å²) in [6.07, 6.45) is -4.38. The van der Waals surface area contributed by atoms with Gasteiger partial charge in [-0.1, -0.05) is 30.0 Å². The summed E-state index contributed by atoms with van der Waals surface area (Å²) in [6.45, 7) is 2.33. The van der Waals surface area contributed by atoms with Crippen molar-refractivity contribution in [3.8, 4) is 0 Å². The summed E-state index contributed by atoms with van der Waals surface area (Å²) in [7, 11) is 0. The Hall–Kier alpha value is -1.69. The summed E-state index contributed by atoms with van der Waals surface area (Å²) < 4.78 is 38.6. The third-order valence-electron chi connectivity index (χ3n) is 2.45. The Morgan fingerprint density at radius 3 is 2.45 bits per heavy atom. The quantitative estimate of drug-likeness (QED) is 0.887. The molecular weight excluding hydrogens is 285 g/mol. The van der Waals surface area contributed by atoms with Gasteiger partial charge in [0.1, 0.15) is 10.8 Å². The van der Waals surface area contributed by atoms with Gasteiger partial charge in [0, 0.05) is 11.4 Å². The molecule has 0 saturated heterocycles. The van der Waals surface area contributed by atoms with E-state index in [1.54, 1.807) is 0 Å². The number of hydrogen-bond donors (Lipinski definition) is 1. The van der Waals surface area contributed by atoms with Crippen molar-refractivity contribution >= 4 is 17.6 Å². The highest BCUT2D eigenvalue weighted by molar-refractivity contribution is 7.99. The molecule has 0 bridgehead atoms. The van der Waals surface area contributed by atoms with E-state index in [1.165, 1.54) is 11.8 Å². The van der Waals surface area contributed by atoms with E-state index in [0.717, 1.165) is 17.0 Å². The Morgan fingerprint density at radius 1 is 1.15 bits per heavy atom. The number of nitrogens with one attached hydrogen (secondary N) is 1. The zero-order valence-corrected chi connectivity index (χ0v) is 11.6. The summed E-state index contributed by atoms with van der Waals surface area (Å²) in [5.74, 6) is 0.237. The van der Waals surface area contributed by atoms with Crippen molar-refractivity contribution in [3.05, 3.63) is 48.0 Å². The number of pyridine rings is 1. The fourth-order valence-electron chi connectivity index (χ4n) is 1.60. The highest BCUT2D eigenvalue weighted by Gasteiger charge is 2.31. The number of halogens is 3. The molecule has 2 nitrogen and oxygen atoms in total. The summed E-state index contributed by atoms with van der Waals surface area (Å²) in [5, 5.41) is 3.14. The molecule has 1 heterocycles. The zero-order valence-electron chi connectivity index (χ0n) is 10.7. The van der Waals surface area contributed by atoms with E-state index in [4.69, 9.17) is 0 Å². The molecule has 0 saturated carbocycles. The lowest BCUT2D eigenvalue weighted by molar-refractivity contribution is -0.137. The van der Waals surface area contributed by atoms with E-state index in [-0.39, 0.29) is 5.82 Å². The van der Waals surface area contributed by atoms with Gasteiger partial charge in [-0.05, 0) is 31.2 Å². The molecule has 2 rings (SSSR count). The lowest BCUT2D eigenvalue weighted by Crippen LogP contribution is -2.08. The van der Waals surface area contributed by atoms with Crippen LogP contribution in [0.15, 0.2) is 52.4 Å². The number of benzene rings is 1. The second-order valence-corrected chi connectivity index (χ2v) is 5.12. The maximum Gasteiger partial charge on any atom is 0.416 e. The first-order valence-corrected chi connectivity index (χ1v) is 6.86. The highest BCUT2D eigenvalue weighted by atomic mass is 32.2. The molecule has 0 unspecified atom stereocenters. The normalized spacial score (nSPS) is 11.4. The van der Waals surface area contributed by atoms with Crippen LogP contribution in [-0.4, -0.2) is 11.5 Å². The van der Waals surface area contributed by atoms with Crippen molar-refractivity contribution in [2.75, 3.05) is 11.9 Å². The Morgan fingerprint density at radius 2 is 1.85 bits per heavy atom. The van der Waals surface area contributed by atoms with Crippen LogP contribution in [0.25, 0.3) is 0 Å². The maximum absolute atomic E-state index is 12.9. The number of aromatic nitrogens is 1. The molecule has 0 aliphatic rings. The van der Waals surface area contributed by atoms with E-state index in [1.807, 2.05) is 37.3 Å². The third kappa shape index (κ3) is 3.90. The van der Waals surface area contributed by atoms with Gasteiger partial charge in [-0.15, -0.1) is 0 Å². The second-order valence-electron chi connectivity index (χ2n) is 4.02. The van der Waals surface area contributed by atoms with Gasteiger partial charge in [0.15, 0.2) is 0 Å². The van der Waals surface area contributed by atoms with E-state index >= 15 is 0 Å². The molecule has 0 amide bonds. The van der Waals surface area contributed by atoms with Gasteiger partial charge in [0.05, 0.1) is 5.56 Å². The molecule has 0 fully saturated rings. The predicted octanol–water partition coefficient (Wildman–Crippen LogP) is 4.68. The van der Waals surface area contributed by atoms with Gasteiger partial charge in [-0.2, -0.15) is 13.2 Å². The average molecular weight is 298 g/mol. The van der Waals surface area contributed by atoms with E-state index in [9.17, 15) is 13.2 Å². The number of alkyl halides is 3. The van der Waals surface area contributed by atoms with Crippen molar-refractivity contribution in [1.82, 2.24) is 4.98 Å². The SMILES string of the molecule is CCNc1cc(C(F)(F)F)cc(Sc2ccccc2)n1. The number of anilines is 1. The Kier molecular flexibility index (Phi) is 4.54. The predicted molar refractivity (Wildman–Crippen MR) is 74.0 cm³/mol. The molecule has 1 N–H and O–H groups in total. The summed E-state index contributed by atoms with van der Waals surface area (Å²) in [4.78, 5) is 5.03. The molecule has 106 valence electrons. The van der Waals surface area contributed by atoms with Crippen molar-refractivity contribution in [1.29, 1.82) is 0 Å². The van der Waals surface area contributed by atoms with Gasteiger partial charge in [0.25, 0.3) is 0 Å². The monoisotopic (exact) mass is 298 g/mol. The average Bonchev–Trinajstić information content (AvgIpc) is 2.39. The fourth-order valence-corrected chi connectivity index (χ4v) is 2.47. The van der Waals surface area contributed by atoms with E-state index in [0.29, 0.717) is 11.6 Å². The zero-order chi connectivity index (χ0) is 14.6. The Labute approximate surface area is 119 Å².